The molecule has 0 radical (unpaired) electrons. The molecule has 3 heteroatoms. The van der Waals surface area contributed by atoms with Crippen molar-refractivity contribution in [3.63, 3.8) is 0 Å². The molecule has 0 bridgehead atoms. The summed E-state index contributed by atoms with van der Waals surface area (Å²) in [5.74, 6) is 0.967. The molecule has 0 aliphatic carbocycles. The van der Waals surface area contributed by atoms with Crippen LogP contribution in [0, 0.1) is 0 Å². The van der Waals surface area contributed by atoms with E-state index in [2.05, 4.69) is 45.1 Å². The number of hydrogen-bond donors (Lipinski definition) is 1. The highest BCUT2D eigenvalue weighted by Gasteiger charge is 2.32. The highest BCUT2D eigenvalue weighted by Crippen LogP contribution is 2.31. The summed E-state index contributed by atoms with van der Waals surface area (Å²) in [6.07, 6.45) is 2.40. The summed E-state index contributed by atoms with van der Waals surface area (Å²) in [5, 5.41) is 3.43. The van der Waals surface area contributed by atoms with Gasteiger partial charge in [0, 0.05) is 11.6 Å². The third-order valence-electron chi connectivity index (χ3n) is 3.87. The van der Waals surface area contributed by atoms with Gasteiger partial charge in [0.1, 0.15) is 12.4 Å². The summed E-state index contributed by atoms with van der Waals surface area (Å²) in [4.78, 5) is 0. The number of benzene rings is 1. The monoisotopic (exact) mass is 277 g/mol. The molecule has 1 aliphatic heterocycles. The van der Waals surface area contributed by atoms with E-state index in [1.807, 2.05) is 12.1 Å². The maximum Gasteiger partial charge on any atom is 0.124 e. The Balaban J connectivity index is 1.96. The Morgan fingerprint density at radius 2 is 2.15 bits per heavy atom. The molecule has 1 fully saturated rings. The van der Waals surface area contributed by atoms with Gasteiger partial charge in [0.05, 0.1) is 11.7 Å². The van der Waals surface area contributed by atoms with Crippen molar-refractivity contribution >= 4 is 0 Å². The van der Waals surface area contributed by atoms with E-state index in [1.54, 1.807) is 0 Å². The zero-order valence-electron chi connectivity index (χ0n) is 13.1. The average molecular weight is 277 g/mol. The van der Waals surface area contributed by atoms with E-state index in [9.17, 15) is 0 Å². The summed E-state index contributed by atoms with van der Waals surface area (Å²) in [5.41, 5.74) is 1.22. The van der Waals surface area contributed by atoms with Crippen molar-refractivity contribution in [1.29, 1.82) is 0 Å². The maximum absolute atomic E-state index is 6.02. The summed E-state index contributed by atoms with van der Waals surface area (Å²) >= 11 is 0. The second kappa shape index (κ2) is 6.59. The highest BCUT2D eigenvalue weighted by molar-refractivity contribution is 5.35. The molecule has 0 saturated carbocycles. The summed E-state index contributed by atoms with van der Waals surface area (Å²) < 4.78 is 12.0. The molecule has 2 rings (SSSR count). The van der Waals surface area contributed by atoms with Crippen molar-refractivity contribution in [3.05, 3.63) is 29.8 Å². The fraction of sp³-hybridized carbons (Fsp3) is 0.647. The average Bonchev–Trinajstić information content (AvgIpc) is 2.76. The molecule has 1 aromatic carbocycles. The van der Waals surface area contributed by atoms with Crippen molar-refractivity contribution in [2.45, 2.75) is 58.3 Å². The van der Waals surface area contributed by atoms with E-state index in [0.717, 1.165) is 25.1 Å². The van der Waals surface area contributed by atoms with Gasteiger partial charge in [0.2, 0.25) is 0 Å². The lowest BCUT2D eigenvalue weighted by Gasteiger charge is -2.21. The second-order valence-electron chi connectivity index (χ2n) is 6.17. The third kappa shape index (κ3) is 3.97. The van der Waals surface area contributed by atoms with Gasteiger partial charge >= 0.3 is 0 Å². The van der Waals surface area contributed by atoms with Crippen molar-refractivity contribution in [1.82, 2.24) is 5.32 Å². The number of rotatable bonds is 6. The minimum absolute atomic E-state index is 0.00457. The van der Waals surface area contributed by atoms with Crippen LogP contribution in [0.5, 0.6) is 5.75 Å². The minimum Gasteiger partial charge on any atom is -0.491 e. The predicted molar refractivity (Wildman–Crippen MR) is 82.2 cm³/mol. The van der Waals surface area contributed by atoms with Crippen LogP contribution in [0.4, 0.5) is 0 Å². The van der Waals surface area contributed by atoms with Crippen LogP contribution in [-0.2, 0) is 4.74 Å². The number of hydrogen-bond acceptors (Lipinski definition) is 3. The standard InChI is InChI=1S/C17H27NO2/c1-5-18-13(2)15-8-6-7-9-16(15)19-12-14-10-11-17(3,4)20-14/h6-9,13-14,18H,5,10-12H2,1-4H3. The molecule has 2 unspecified atom stereocenters. The van der Waals surface area contributed by atoms with Crippen molar-refractivity contribution < 1.29 is 9.47 Å². The van der Waals surface area contributed by atoms with Gasteiger partial charge in [-0.1, -0.05) is 25.1 Å². The Hall–Kier alpha value is -1.06. The quantitative estimate of drug-likeness (QED) is 0.860. The first-order valence-corrected chi connectivity index (χ1v) is 7.65. The molecule has 1 aliphatic rings. The molecule has 1 aromatic rings. The first kappa shape index (κ1) is 15.3. The molecule has 3 nitrogen and oxygen atoms in total. The fourth-order valence-electron chi connectivity index (χ4n) is 2.76. The van der Waals surface area contributed by atoms with E-state index in [1.165, 1.54) is 5.56 Å². The van der Waals surface area contributed by atoms with Crippen LogP contribution < -0.4 is 10.1 Å². The van der Waals surface area contributed by atoms with Crippen molar-refractivity contribution in [3.8, 4) is 5.75 Å². The molecule has 0 spiro atoms. The fourth-order valence-corrected chi connectivity index (χ4v) is 2.76. The van der Waals surface area contributed by atoms with E-state index < -0.39 is 0 Å². The molecule has 0 aromatic heterocycles. The molecule has 1 saturated heterocycles. The first-order chi connectivity index (χ1) is 9.52. The van der Waals surface area contributed by atoms with E-state index in [0.29, 0.717) is 12.6 Å². The van der Waals surface area contributed by atoms with Crippen LogP contribution in [-0.4, -0.2) is 24.9 Å². The zero-order valence-corrected chi connectivity index (χ0v) is 13.1. The van der Waals surface area contributed by atoms with Crippen molar-refractivity contribution in [2.24, 2.45) is 0 Å². The van der Waals surface area contributed by atoms with Crippen LogP contribution in [0.25, 0.3) is 0 Å². The molecule has 1 heterocycles. The highest BCUT2D eigenvalue weighted by atomic mass is 16.6. The first-order valence-electron chi connectivity index (χ1n) is 7.65. The molecule has 112 valence electrons. The van der Waals surface area contributed by atoms with Gasteiger partial charge < -0.3 is 14.8 Å². The second-order valence-corrected chi connectivity index (χ2v) is 6.17. The van der Waals surface area contributed by atoms with E-state index in [-0.39, 0.29) is 11.7 Å². The zero-order chi connectivity index (χ0) is 14.6. The van der Waals surface area contributed by atoms with Crippen LogP contribution >= 0.6 is 0 Å². The van der Waals surface area contributed by atoms with Gasteiger partial charge in [0.15, 0.2) is 0 Å². The summed E-state index contributed by atoms with van der Waals surface area (Å²) in [6.45, 7) is 10.2. The molecule has 1 N–H and O–H groups in total. The Bertz CT molecular complexity index is 431. The largest absolute Gasteiger partial charge is 0.491 e. The number of ether oxygens (including phenoxy) is 2. The summed E-state index contributed by atoms with van der Waals surface area (Å²) in [6, 6.07) is 8.56. The minimum atomic E-state index is 0.00457. The van der Waals surface area contributed by atoms with Gasteiger partial charge in [-0.3, -0.25) is 0 Å². The normalized spacial score (nSPS) is 22.7. The SMILES string of the molecule is CCNC(C)c1ccccc1OCC1CCC(C)(C)O1. The topological polar surface area (TPSA) is 30.5 Å². The predicted octanol–water partition coefficient (Wildman–Crippen LogP) is 3.69. The van der Waals surface area contributed by atoms with Crippen LogP contribution in [0.2, 0.25) is 0 Å². The lowest BCUT2D eigenvalue weighted by Crippen LogP contribution is -2.24. The van der Waals surface area contributed by atoms with E-state index in [4.69, 9.17) is 9.47 Å². The van der Waals surface area contributed by atoms with E-state index >= 15 is 0 Å². The number of para-hydroxylation sites is 1. The molecule has 20 heavy (non-hydrogen) atoms. The smallest absolute Gasteiger partial charge is 0.124 e. The van der Waals surface area contributed by atoms with Crippen LogP contribution in [0.1, 0.15) is 52.1 Å². The lowest BCUT2D eigenvalue weighted by molar-refractivity contribution is -0.0328. The van der Waals surface area contributed by atoms with Gasteiger partial charge in [-0.15, -0.1) is 0 Å². The Kier molecular flexibility index (Phi) is 5.06. The maximum atomic E-state index is 6.02. The van der Waals surface area contributed by atoms with Gasteiger partial charge in [0.25, 0.3) is 0 Å². The Morgan fingerprint density at radius 1 is 1.40 bits per heavy atom. The molecule has 0 amide bonds. The Morgan fingerprint density at radius 3 is 2.80 bits per heavy atom. The molecule has 2 atom stereocenters. The van der Waals surface area contributed by atoms with Crippen molar-refractivity contribution in [2.75, 3.05) is 13.2 Å². The van der Waals surface area contributed by atoms with Crippen LogP contribution in [0.3, 0.4) is 0 Å². The van der Waals surface area contributed by atoms with Crippen LogP contribution in [0.15, 0.2) is 24.3 Å². The van der Waals surface area contributed by atoms with Gasteiger partial charge in [-0.2, -0.15) is 0 Å². The molecular formula is C17H27NO2. The Labute approximate surface area is 122 Å². The summed E-state index contributed by atoms with van der Waals surface area (Å²) in [7, 11) is 0. The lowest BCUT2D eigenvalue weighted by atomic mass is 10.1. The molecular weight excluding hydrogens is 250 g/mol. The number of nitrogens with one attached hydrogen (secondary N) is 1. The van der Waals surface area contributed by atoms with Gasteiger partial charge in [-0.05, 0) is 46.2 Å². The third-order valence-corrected chi connectivity index (χ3v) is 3.87. The van der Waals surface area contributed by atoms with Gasteiger partial charge in [-0.25, -0.2) is 0 Å².